The molecule has 100 valence electrons. The first-order valence-electron chi connectivity index (χ1n) is 6.13. The molecular formula is C13H17Cl2FN2. The van der Waals surface area contributed by atoms with Crippen LogP contribution in [0.4, 0.5) is 4.39 Å². The summed E-state index contributed by atoms with van der Waals surface area (Å²) in [6, 6.07) is 4.54. The van der Waals surface area contributed by atoms with Crippen LogP contribution in [0.3, 0.4) is 0 Å². The molecule has 2 nitrogen and oxygen atoms in total. The van der Waals surface area contributed by atoms with Crippen molar-refractivity contribution in [2.45, 2.75) is 6.54 Å². The molecule has 0 spiro atoms. The van der Waals surface area contributed by atoms with Crippen molar-refractivity contribution in [1.29, 1.82) is 0 Å². The van der Waals surface area contributed by atoms with Crippen molar-refractivity contribution < 1.29 is 4.39 Å². The van der Waals surface area contributed by atoms with E-state index in [1.807, 2.05) is 0 Å². The molecule has 0 aliphatic carbocycles. The zero-order chi connectivity index (χ0) is 13.0. The third-order valence-electron chi connectivity index (χ3n) is 3.27. The molecule has 1 fully saturated rings. The Morgan fingerprint density at radius 1 is 1.11 bits per heavy atom. The molecule has 0 bridgehead atoms. The van der Waals surface area contributed by atoms with Crippen LogP contribution in [0.5, 0.6) is 0 Å². The molecule has 0 amide bonds. The van der Waals surface area contributed by atoms with Gasteiger partial charge in [-0.1, -0.05) is 11.6 Å². The number of rotatable bonds is 4. The molecule has 0 atom stereocenters. The number of piperazine rings is 1. The summed E-state index contributed by atoms with van der Waals surface area (Å²) in [5, 5.41) is 0.639. The normalized spacial score (nSPS) is 18.2. The molecule has 2 rings (SSSR count). The lowest BCUT2D eigenvalue weighted by Crippen LogP contribution is -2.46. The first-order chi connectivity index (χ1) is 8.69. The van der Waals surface area contributed by atoms with E-state index in [0.29, 0.717) is 17.4 Å². The second-order valence-electron chi connectivity index (χ2n) is 4.54. The quantitative estimate of drug-likeness (QED) is 0.787. The molecule has 1 aromatic rings. The van der Waals surface area contributed by atoms with Gasteiger partial charge in [-0.25, -0.2) is 4.39 Å². The molecule has 0 N–H and O–H groups in total. The highest BCUT2D eigenvalue weighted by atomic mass is 35.5. The molecule has 1 saturated heterocycles. The maximum absolute atomic E-state index is 13.2. The van der Waals surface area contributed by atoms with Crippen LogP contribution >= 0.6 is 23.2 Å². The largest absolute Gasteiger partial charge is 0.300 e. The highest BCUT2D eigenvalue weighted by Crippen LogP contribution is 2.19. The lowest BCUT2D eigenvalue weighted by atomic mass is 10.2. The third-order valence-corrected chi connectivity index (χ3v) is 3.81. The van der Waals surface area contributed by atoms with Crippen molar-refractivity contribution in [3.63, 3.8) is 0 Å². The van der Waals surface area contributed by atoms with E-state index in [9.17, 15) is 4.39 Å². The van der Waals surface area contributed by atoms with E-state index >= 15 is 0 Å². The van der Waals surface area contributed by atoms with E-state index in [4.69, 9.17) is 23.2 Å². The van der Waals surface area contributed by atoms with Crippen molar-refractivity contribution in [1.82, 2.24) is 9.80 Å². The molecule has 1 aromatic carbocycles. The molecule has 0 aromatic heterocycles. The highest BCUT2D eigenvalue weighted by molar-refractivity contribution is 6.31. The lowest BCUT2D eigenvalue weighted by molar-refractivity contribution is 0.132. The summed E-state index contributed by atoms with van der Waals surface area (Å²) in [6.07, 6.45) is 0. The van der Waals surface area contributed by atoms with E-state index in [1.54, 1.807) is 6.07 Å². The number of benzene rings is 1. The van der Waals surface area contributed by atoms with E-state index in [1.165, 1.54) is 12.1 Å². The van der Waals surface area contributed by atoms with Crippen molar-refractivity contribution in [3.8, 4) is 0 Å². The van der Waals surface area contributed by atoms with Crippen molar-refractivity contribution in [3.05, 3.63) is 34.6 Å². The summed E-state index contributed by atoms with van der Waals surface area (Å²) in [6.45, 7) is 5.63. The minimum atomic E-state index is -0.227. The monoisotopic (exact) mass is 290 g/mol. The van der Waals surface area contributed by atoms with Gasteiger partial charge in [-0.05, 0) is 23.8 Å². The maximum Gasteiger partial charge on any atom is 0.123 e. The number of hydrogen-bond acceptors (Lipinski definition) is 2. The van der Waals surface area contributed by atoms with E-state index in [0.717, 1.165) is 38.3 Å². The Bertz CT molecular complexity index is 393. The first-order valence-corrected chi connectivity index (χ1v) is 7.05. The van der Waals surface area contributed by atoms with Gasteiger partial charge >= 0.3 is 0 Å². The van der Waals surface area contributed by atoms with Crippen LogP contribution in [0.1, 0.15) is 5.56 Å². The Morgan fingerprint density at radius 3 is 2.44 bits per heavy atom. The summed E-state index contributed by atoms with van der Waals surface area (Å²) < 4.78 is 13.2. The highest BCUT2D eigenvalue weighted by Gasteiger charge is 2.17. The topological polar surface area (TPSA) is 6.48 Å². The Balaban J connectivity index is 1.89. The molecule has 1 aliphatic rings. The van der Waals surface area contributed by atoms with Gasteiger partial charge < -0.3 is 0 Å². The van der Waals surface area contributed by atoms with Gasteiger partial charge in [0, 0.05) is 50.2 Å². The summed E-state index contributed by atoms with van der Waals surface area (Å²) in [7, 11) is 0. The van der Waals surface area contributed by atoms with Crippen LogP contribution in [0.25, 0.3) is 0 Å². The fourth-order valence-electron chi connectivity index (χ4n) is 2.20. The summed E-state index contributed by atoms with van der Waals surface area (Å²) in [4.78, 5) is 4.64. The first kappa shape index (κ1) is 14.1. The molecular weight excluding hydrogens is 274 g/mol. The minimum absolute atomic E-state index is 0.227. The second kappa shape index (κ2) is 6.71. The van der Waals surface area contributed by atoms with Gasteiger partial charge in [0.15, 0.2) is 0 Å². The molecule has 1 aliphatic heterocycles. The zero-order valence-electron chi connectivity index (χ0n) is 10.2. The van der Waals surface area contributed by atoms with Gasteiger partial charge in [0.1, 0.15) is 5.82 Å². The van der Waals surface area contributed by atoms with Crippen LogP contribution in [-0.4, -0.2) is 48.4 Å². The Labute approximate surface area is 117 Å². The predicted octanol–water partition coefficient (Wildman–Crippen LogP) is 2.84. The van der Waals surface area contributed by atoms with Gasteiger partial charge in [0.2, 0.25) is 0 Å². The van der Waals surface area contributed by atoms with Crippen LogP contribution in [0.2, 0.25) is 5.02 Å². The van der Waals surface area contributed by atoms with Crippen molar-refractivity contribution >= 4 is 23.2 Å². The van der Waals surface area contributed by atoms with Gasteiger partial charge in [0.25, 0.3) is 0 Å². The molecule has 0 radical (unpaired) electrons. The fourth-order valence-corrected chi connectivity index (χ4v) is 2.61. The van der Waals surface area contributed by atoms with E-state index < -0.39 is 0 Å². The molecule has 0 saturated carbocycles. The molecule has 1 heterocycles. The Hall–Kier alpha value is -0.350. The fraction of sp³-hybridized carbons (Fsp3) is 0.538. The van der Waals surface area contributed by atoms with Crippen LogP contribution in [-0.2, 0) is 6.54 Å². The van der Waals surface area contributed by atoms with Gasteiger partial charge in [-0.2, -0.15) is 0 Å². The smallest absolute Gasteiger partial charge is 0.123 e. The van der Waals surface area contributed by atoms with Crippen molar-refractivity contribution in [2.24, 2.45) is 0 Å². The summed E-state index contributed by atoms with van der Waals surface area (Å²) >= 11 is 11.8. The number of alkyl halides is 1. The molecule has 5 heteroatoms. The third kappa shape index (κ3) is 3.82. The summed E-state index contributed by atoms with van der Waals surface area (Å²) in [5.41, 5.74) is 0.863. The van der Waals surface area contributed by atoms with Crippen LogP contribution in [0.15, 0.2) is 18.2 Å². The second-order valence-corrected chi connectivity index (χ2v) is 5.33. The number of hydrogen-bond donors (Lipinski definition) is 0. The van der Waals surface area contributed by atoms with Gasteiger partial charge in [-0.3, -0.25) is 9.80 Å². The minimum Gasteiger partial charge on any atom is -0.300 e. The molecule has 18 heavy (non-hydrogen) atoms. The SMILES string of the molecule is Fc1ccc(Cl)c(CN2CCN(CCCl)CC2)c1. The Morgan fingerprint density at radius 2 is 1.78 bits per heavy atom. The average molecular weight is 291 g/mol. The number of halogens is 3. The van der Waals surface area contributed by atoms with Gasteiger partial charge in [0.05, 0.1) is 0 Å². The predicted molar refractivity (Wildman–Crippen MR) is 73.8 cm³/mol. The van der Waals surface area contributed by atoms with Gasteiger partial charge in [-0.15, -0.1) is 11.6 Å². The van der Waals surface area contributed by atoms with E-state index in [-0.39, 0.29) is 5.82 Å². The summed E-state index contributed by atoms with van der Waals surface area (Å²) in [5.74, 6) is 0.450. The standard InChI is InChI=1S/C13H17Cl2FN2/c14-3-4-17-5-7-18(8-6-17)10-11-9-12(16)1-2-13(11)15/h1-2,9H,3-8,10H2. The zero-order valence-corrected chi connectivity index (χ0v) is 11.7. The maximum atomic E-state index is 13.2. The lowest BCUT2D eigenvalue weighted by Gasteiger charge is -2.34. The van der Waals surface area contributed by atoms with Crippen LogP contribution < -0.4 is 0 Å². The molecule has 0 unspecified atom stereocenters. The van der Waals surface area contributed by atoms with Crippen LogP contribution in [0, 0.1) is 5.82 Å². The average Bonchev–Trinajstić information content (AvgIpc) is 2.37. The van der Waals surface area contributed by atoms with Crippen molar-refractivity contribution in [2.75, 3.05) is 38.6 Å². The Kier molecular flexibility index (Phi) is 5.25. The van der Waals surface area contributed by atoms with E-state index in [2.05, 4.69) is 9.80 Å². The number of nitrogens with zero attached hydrogens (tertiary/aromatic N) is 2.